The van der Waals surface area contributed by atoms with Gasteiger partial charge in [-0.15, -0.1) is 11.3 Å². The quantitative estimate of drug-likeness (QED) is 0.500. The number of carbonyl (C=O) groups excluding carboxylic acids is 1. The second-order valence-electron chi connectivity index (χ2n) is 5.30. The standard InChI is InChI=1S/C19H16FNO2S/c1-2-13-6-8-17(9-7-13)23-18(22)11-16-12-24-19(21-16)14-4-3-5-15(20)10-14/h3-10,12H,2,11H2,1H3. The Bertz CT molecular complexity index is 843. The summed E-state index contributed by atoms with van der Waals surface area (Å²) < 4.78 is 18.6. The van der Waals surface area contributed by atoms with E-state index in [4.69, 9.17) is 4.74 Å². The number of esters is 1. The highest BCUT2D eigenvalue weighted by Gasteiger charge is 2.11. The van der Waals surface area contributed by atoms with Crippen LogP contribution in [0.15, 0.2) is 53.9 Å². The molecule has 5 heteroatoms. The van der Waals surface area contributed by atoms with Gasteiger partial charge in [0.15, 0.2) is 0 Å². The Labute approximate surface area is 143 Å². The van der Waals surface area contributed by atoms with Crippen molar-refractivity contribution < 1.29 is 13.9 Å². The van der Waals surface area contributed by atoms with Crippen LogP contribution in [0.4, 0.5) is 4.39 Å². The molecule has 2 aromatic carbocycles. The molecule has 0 saturated carbocycles. The van der Waals surface area contributed by atoms with Crippen LogP contribution in [0.5, 0.6) is 5.75 Å². The maximum absolute atomic E-state index is 13.3. The van der Waals surface area contributed by atoms with Crippen LogP contribution in [0.2, 0.25) is 0 Å². The molecule has 1 aromatic heterocycles. The molecule has 3 aromatic rings. The van der Waals surface area contributed by atoms with Gasteiger partial charge in [-0.3, -0.25) is 4.79 Å². The highest BCUT2D eigenvalue weighted by molar-refractivity contribution is 7.13. The van der Waals surface area contributed by atoms with Gasteiger partial charge in [-0.05, 0) is 36.2 Å². The first-order chi connectivity index (χ1) is 11.6. The van der Waals surface area contributed by atoms with E-state index in [1.165, 1.54) is 29.0 Å². The highest BCUT2D eigenvalue weighted by Crippen LogP contribution is 2.24. The molecular formula is C19H16FNO2S. The van der Waals surface area contributed by atoms with Crippen LogP contribution in [0, 0.1) is 5.82 Å². The lowest BCUT2D eigenvalue weighted by atomic mass is 10.2. The number of hydrogen-bond acceptors (Lipinski definition) is 4. The van der Waals surface area contributed by atoms with Crippen LogP contribution in [0.3, 0.4) is 0 Å². The summed E-state index contributed by atoms with van der Waals surface area (Å²) >= 11 is 1.38. The van der Waals surface area contributed by atoms with Crippen molar-refractivity contribution in [3.8, 4) is 16.3 Å². The Hall–Kier alpha value is -2.53. The van der Waals surface area contributed by atoms with Gasteiger partial charge in [-0.2, -0.15) is 0 Å². The largest absolute Gasteiger partial charge is 0.426 e. The molecule has 0 saturated heterocycles. The van der Waals surface area contributed by atoms with Gasteiger partial charge < -0.3 is 4.74 Å². The molecule has 0 radical (unpaired) electrons. The Morgan fingerprint density at radius 3 is 2.71 bits per heavy atom. The lowest BCUT2D eigenvalue weighted by molar-refractivity contribution is -0.133. The topological polar surface area (TPSA) is 39.2 Å². The summed E-state index contributed by atoms with van der Waals surface area (Å²) in [7, 11) is 0. The van der Waals surface area contributed by atoms with Gasteiger partial charge in [0.25, 0.3) is 0 Å². The van der Waals surface area contributed by atoms with E-state index < -0.39 is 0 Å². The smallest absolute Gasteiger partial charge is 0.317 e. The van der Waals surface area contributed by atoms with E-state index >= 15 is 0 Å². The first-order valence-corrected chi connectivity index (χ1v) is 8.52. The number of rotatable bonds is 5. The summed E-state index contributed by atoms with van der Waals surface area (Å²) in [6.45, 7) is 2.07. The summed E-state index contributed by atoms with van der Waals surface area (Å²) in [4.78, 5) is 16.4. The zero-order valence-electron chi connectivity index (χ0n) is 13.2. The van der Waals surface area contributed by atoms with E-state index in [1.54, 1.807) is 29.6 Å². The molecule has 0 aliphatic carbocycles. The van der Waals surface area contributed by atoms with Crippen molar-refractivity contribution in [1.82, 2.24) is 4.98 Å². The van der Waals surface area contributed by atoms with Crippen molar-refractivity contribution in [2.45, 2.75) is 19.8 Å². The average Bonchev–Trinajstić information content (AvgIpc) is 3.04. The molecule has 3 rings (SSSR count). The third-order valence-electron chi connectivity index (χ3n) is 3.51. The number of ether oxygens (including phenoxy) is 1. The molecule has 3 nitrogen and oxygen atoms in total. The summed E-state index contributed by atoms with van der Waals surface area (Å²) in [5.41, 5.74) is 2.51. The Balaban J connectivity index is 1.64. The van der Waals surface area contributed by atoms with Crippen molar-refractivity contribution >= 4 is 17.3 Å². The Morgan fingerprint density at radius 1 is 1.21 bits per heavy atom. The molecule has 0 aliphatic heterocycles. The van der Waals surface area contributed by atoms with Gasteiger partial charge in [-0.25, -0.2) is 9.37 Å². The maximum atomic E-state index is 13.3. The fourth-order valence-electron chi connectivity index (χ4n) is 2.25. The van der Waals surface area contributed by atoms with E-state index in [-0.39, 0.29) is 18.2 Å². The van der Waals surface area contributed by atoms with Gasteiger partial charge in [0.1, 0.15) is 16.6 Å². The predicted molar refractivity (Wildman–Crippen MR) is 92.7 cm³/mol. The van der Waals surface area contributed by atoms with Gasteiger partial charge in [0.2, 0.25) is 0 Å². The van der Waals surface area contributed by atoms with E-state index in [9.17, 15) is 9.18 Å². The van der Waals surface area contributed by atoms with Crippen LogP contribution < -0.4 is 4.74 Å². The van der Waals surface area contributed by atoms with Gasteiger partial charge in [0.05, 0.1) is 12.1 Å². The maximum Gasteiger partial charge on any atom is 0.317 e. The lowest BCUT2D eigenvalue weighted by Crippen LogP contribution is -2.11. The number of hydrogen-bond donors (Lipinski definition) is 0. The van der Waals surface area contributed by atoms with Crippen LogP contribution >= 0.6 is 11.3 Å². The predicted octanol–water partition coefficient (Wildman–Crippen LogP) is 4.66. The highest BCUT2D eigenvalue weighted by atomic mass is 32.1. The van der Waals surface area contributed by atoms with Crippen LogP contribution in [-0.2, 0) is 17.6 Å². The monoisotopic (exact) mass is 341 g/mol. The zero-order valence-corrected chi connectivity index (χ0v) is 14.0. The summed E-state index contributed by atoms with van der Waals surface area (Å²) in [5.74, 6) is -0.146. The Morgan fingerprint density at radius 2 is 2.00 bits per heavy atom. The number of benzene rings is 2. The molecule has 122 valence electrons. The summed E-state index contributed by atoms with van der Waals surface area (Å²) in [5, 5.41) is 2.48. The van der Waals surface area contributed by atoms with Crippen molar-refractivity contribution in [2.24, 2.45) is 0 Å². The van der Waals surface area contributed by atoms with Crippen LogP contribution in [0.25, 0.3) is 10.6 Å². The average molecular weight is 341 g/mol. The Kier molecular flexibility index (Phi) is 5.01. The number of aromatic nitrogens is 1. The number of halogens is 1. The number of carbonyl (C=O) groups is 1. The normalized spacial score (nSPS) is 10.6. The minimum Gasteiger partial charge on any atom is -0.426 e. The fraction of sp³-hybridized carbons (Fsp3) is 0.158. The van der Waals surface area contributed by atoms with Crippen LogP contribution in [-0.4, -0.2) is 11.0 Å². The van der Waals surface area contributed by atoms with E-state index in [1.807, 2.05) is 12.1 Å². The van der Waals surface area contributed by atoms with E-state index in [2.05, 4.69) is 11.9 Å². The zero-order chi connectivity index (χ0) is 16.9. The molecule has 24 heavy (non-hydrogen) atoms. The van der Waals surface area contributed by atoms with Gasteiger partial charge in [0, 0.05) is 10.9 Å². The molecule has 0 atom stereocenters. The molecule has 0 fully saturated rings. The third kappa shape index (κ3) is 4.06. The third-order valence-corrected chi connectivity index (χ3v) is 4.45. The molecule has 0 amide bonds. The van der Waals surface area contributed by atoms with Crippen molar-refractivity contribution in [3.05, 3.63) is 71.0 Å². The van der Waals surface area contributed by atoms with Crippen LogP contribution in [0.1, 0.15) is 18.2 Å². The minimum absolute atomic E-state index is 0.0847. The molecular weight excluding hydrogens is 325 g/mol. The number of thiazole rings is 1. The molecule has 0 bridgehead atoms. The number of nitrogens with zero attached hydrogens (tertiary/aromatic N) is 1. The number of aryl methyl sites for hydroxylation is 1. The summed E-state index contributed by atoms with van der Waals surface area (Å²) in [6, 6.07) is 13.7. The van der Waals surface area contributed by atoms with E-state index in [0.29, 0.717) is 22.0 Å². The van der Waals surface area contributed by atoms with Gasteiger partial charge in [-0.1, -0.05) is 31.2 Å². The molecule has 1 heterocycles. The fourth-order valence-corrected chi connectivity index (χ4v) is 3.07. The molecule has 0 aliphatic rings. The summed E-state index contributed by atoms with van der Waals surface area (Å²) in [6.07, 6.45) is 1.03. The molecule has 0 N–H and O–H groups in total. The lowest BCUT2D eigenvalue weighted by Gasteiger charge is -2.04. The first kappa shape index (κ1) is 16.3. The van der Waals surface area contributed by atoms with Crippen molar-refractivity contribution in [1.29, 1.82) is 0 Å². The second kappa shape index (κ2) is 7.36. The van der Waals surface area contributed by atoms with Crippen molar-refractivity contribution in [3.63, 3.8) is 0 Å². The molecule has 0 spiro atoms. The minimum atomic E-state index is -0.365. The molecule has 0 unspecified atom stereocenters. The second-order valence-corrected chi connectivity index (χ2v) is 6.16. The SMILES string of the molecule is CCc1ccc(OC(=O)Cc2csc(-c3cccc(F)c3)n2)cc1. The van der Waals surface area contributed by atoms with Gasteiger partial charge >= 0.3 is 5.97 Å². The van der Waals surface area contributed by atoms with Crippen molar-refractivity contribution in [2.75, 3.05) is 0 Å². The first-order valence-electron chi connectivity index (χ1n) is 7.64. The van der Waals surface area contributed by atoms with E-state index in [0.717, 1.165) is 6.42 Å².